The van der Waals surface area contributed by atoms with Crippen molar-refractivity contribution in [3.05, 3.63) is 70.8 Å². The molecule has 2 aromatic carbocycles. The Kier molecular flexibility index (Phi) is 4.35. The second-order valence-corrected chi connectivity index (χ2v) is 6.10. The Balaban J connectivity index is 1.83. The minimum atomic E-state index is -4.39. The highest BCUT2D eigenvalue weighted by Crippen LogP contribution is 2.34. The summed E-state index contributed by atoms with van der Waals surface area (Å²) in [4.78, 5) is 14.3. The van der Waals surface area contributed by atoms with E-state index in [1.54, 1.807) is 11.9 Å². The normalized spacial score (nSPS) is 17.2. The highest BCUT2D eigenvalue weighted by Gasteiger charge is 2.31. The number of halogens is 3. The molecule has 0 radical (unpaired) electrons. The van der Waals surface area contributed by atoms with Gasteiger partial charge in [-0.25, -0.2) is 0 Å². The van der Waals surface area contributed by atoms with E-state index in [9.17, 15) is 18.0 Å². The van der Waals surface area contributed by atoms with Gasteiger partial charge in [-0.15, -0.1) is 0 Å². The maximum atomic E-state index is 12.7. The maximum absolute atomic E-state index is 12.7. The topological polar surface area (TPSA) is 20.3 Å². The van der Waals surface area contributed by atoms with Crippen LogP contribution in [0.15, 0.2) is 48.5 Å². The minimum Gasteiger partial charge on any atom is -0.335 e. The Labute approximate surface area is 138 Å². The van der Waals surface area contributed by atoms with Gasteiger partial charge in [0.2, 0.25) is 0 Å². The lowest BCUT2D eigenvalue weighted by Gasteiger charge is -2.33. The first-order chi connectivity index (χ1) is 11.4. The first-order valence-electron chi connectivity index (χ1n) is 7.90. The van der Waals surface area contributed by atoms with E-state index < -0.39 is 11.7 Å². The van der Waals surface area contributed by atoms with Crippen LogP contribution in [0.5, 0.6) is 0 Å². The average Bonchev–Trinajstić information content (AvgIpc) is 2.59. The van der Waals surface area contributed by atoms with Crippen molar-refractivity contribution in [2.45, 2.75) is 31.5 Å². The number of carbonyl (C=O) groups is 1. The number of hydrogen-bond acceptors (Lipinski definition) is 1. The number of hydrogen-bond donors (Lipinski definition) is 0. The van der Waals surface area contributed by atoms with Crippen LogP contribution in [0.4, 0.5) is 13.2 Å². The smallest absolute Gasteiger partial charge is 0.335 e. The second-order valence-electron chi connectivity index (χ2n) is 6.10. The van der Waals surface area contributed by atoms with Crippen LogP contribution in [0.3, 0.4) is 0 Å². The predicted octanol–water partition coefficient (Wildman–Crippen LogP) is 4.86. The van der Waals surface area contributed by atoms with E-state index in [4.69, 9.17) is 0 Å². The lowest BCUT2D eigenvalue weighted by Crippen LogP contribution is -2.33. The third-order valence-corrected chi connectivity index (χ3v) is 4.58. The fraction of sp³-hybridized carbons (Fsp3) is 0.316. The maximum Gasteiger partial charge on any atom is 0.416 e. The first kappa shape index (κ1) is 16.6. The van der Waals surface area contributed by atoms with Crippen LogP contribution >= 0.6 is 0 Å². The molecule has 2 aromatic rings. The minimum absolute atomic E-state index is 0.0373. The summed E-state index contributed by atoms with van der Waals surface area (Å²) in [6.45, 7) is 0. The number of fused-ring (bicyclic) bond motifs is 1. The zero-order valence-corrected chi connectivity index (χ0v) is 13.3. The van der Waals surface area contributed by atoms with Crippen molar-refractivity contribution >= 4 is 5.91 Å². The van der Waals surface area contributed by atoms with Crippen molar-refractivity contribution in [2.75, 3.05) is 7.05 Å². The Morgan fingerprint density at radius 2 is 1.75 bits per heavy atom. The Morgan fingerprint density at radius 1 is 1.08 bits per heavy atom. The summed E-state index contributed by atoms with van der Waals surface area (Å²) in [6.07, 6.45) is -1.54. The van der Waals surface area contributed by atoms with Crippen LogP contribution in [-0.4, -0.2) is 17.9 Å². The molecule has 24 heavy (non-hydrogen) atoms. The zero-order valence-electron chi connectivity index (χ0n) is 13.3. The highest BCUT2D eigenvalue weighted by molar-refractivity contribution is 5.94. The van der Waals surface area contributed by atoms with Gasteiger partial charge in [-0.1, -0.05) is 24.3 Å². The van der Waals surface area contributed by atoms with E-state index in [1.807, 2.05) is 18.2 Å². The van der Waals surface area contributed by atoms with E-state index in [0.29, 0.717) is 0 Å². The van der Waals surface area contributed by atoms with Crippen molar-refractivity contribution < 1.29 is 18.0 Å². The zero-order chi connectivity index (χ0) is 17.3. The molecule has 126 valence electrons. The largest absolute Gasteiger partial charge is 0.416 e. The van der Waals surface area contributed by atoms with Gasteiger partial charge in [0, 0.05) is 12.6 Å². The molecule has 0 aromatic heterocycles. The van der Waals surface area contributed by atoms with Crippen LogP contribution < -0.4 is 0 Å². The van der Waals surface area contributed by atoms with Crippen molar-refractivity contribution in [1.82, 2.24) is 4.90 Å². The number of alkyl halides is 3. The van der Waals surface area contributed by atoms with Gasteiger partial charge in [-0.05, 0) is 54.7 Å². The summed E-state index contributed by atoms with van der Waals surface area (Å²) in [7, 11) is 1.72. The van der Waals surface area contributed by atoms with Crippen LogP contribution in [-0.2, 0) is 12.6 Å². The fourth-order valence-electron chi connectivity index (χ4n) is 3.28. The van der Waals surface area contributed by atoms with Gasteiger partial charge in [-0.2, -0.15) is 13.2 Å². The summed E-state index contributed by atoms with van der Waals surface area (Å²) in [5.41, 5.74) is 1.89. The quantitative estimate of drug-likeness (QED) is 0.769. The molecule has 1 aliphatic carbocycles. The van der Waals surface area contributed by atoms with Gasteiger partial charge in [0.15, 0.2) is 0 Å². The Bertz CT molecular complexity index is 737. The molecule has 0 fully saturated rings. The molecular weight excluding hydrogens is 315 g/mol. The molecule has 2 nitrogen and oxygen atoms in total. The summed E-state index contributed by atoms with van der Waals surface area (Å²) in [6, 6.07) is 12.4. The number of carbonyl (C=O) groups excluding carboxylic acids is 1. The molecule has 0 N–H and O–H groups in total. The number of rotatable bonds is 2. The molecule has 0 saturated carbocycles. The van der Waals surface area contributed by atoms with E-state index in [0.717, 1.165) is 37.0 Å². The molecule has 1 amide bonds. The summed E-state index contributed by atoms with van der Waals surface area (Å²) < 4.78 is 37.9. The number of nitrogens with zero attached hydrogens (tertiary/aromatic N) is 1. The number of aryl methyl sites for hydroxylation is 1. The molecule has 0 aliphatic heterocycles. The van der Waals surface area contributed by atoms with Gasteiger partial charge in [0.25, 0.3) is 5.91 Å². The summed E-state index contributed by atoms with van der Waals surface area (Å²) >= 11 is 0. The second kappa shape index (κ2) is 6.30. The predicted molar refractivity (Wildman–Crippen MR) is 85.7 cm³/mol. The third-order valence-electron chi connectivity index (χ3n) is 4.58. The third kappa shape index (κ3) is 3.16. The Hall–Kier alpha value is -2.30. The first-order valence-corrected chi connectivity index (χ1v) is 7.90. The molecule has 0 bridgehead atoms. The van der Waals surface area contributed by atoms with E-state index in [1.165, 1.54) is 17.7 Å². The SMILES string of the molecule is CN(C(=O)c1ccc(C(F)(F)F)cc1)C1CCCc2ccccc21. The molecule has 1 aliphatic rings. The van der Waals surface area contributed by atoms with E-state index in [-0.39, 0.29) is 17.5 Å². The van der Waals surface area contributed by atoms with Gasteiger partial charge in [0.05, 0.1) is 11.6 Å². The molecule has 1 atom stereocenters. The molecule has 0 saturated heterocycles. The average molecular weight is 333 g/mol. The number of amides is 1. The molecule has 0 heterocycles. The monoisotopic (exact) mass is 333 g/mol. The van der Waals surface area contributed by atoms with Crippen molar-refractivity contribution in [1.29, 1.82) is 0 Å². The lowest BCUT2D eigenvalue weighted by molar-refractivity contribution is -0.137. The van der Waals surface area contributed by atoms with Crippen LogP contribution in [0.1, 0.15) is 45.9 Å². The number of benzene rings is 2. The van der Waals surface area contributed by atoms with Gasteiger partial charge in [0.1, 0.15) is 0 Å². The molecule has 3 rings (SSSR count). The molecule has 1 unspecified atom stereocenters. The standard InChI is InChI=1S/C19H18F3NO/c1-23(17-8-4-6-13-5-2-3-7-16(13)17)18(24)14-9-11-15(12-10-14)19(20,21)22/h2-3,5,7,9-12,17H,4,6,8H2,1H3. The van der Waals surface area contributed by atoms with Crippen molar-refractivity contribution in [3.63, 3.8) is 0 Å². The molecular formula is C19H18F3NO. The Morgan fingerprint density at radius 3 is 2.42 bits per heavy atom. The fourth-order valence-corrected chi connectivity index (χ4v) is 3.28. The van der Waals surface area contributed by atoms with Crippen LogP contribution in [0.25, 0.3) is 0 Å². The van der Waals surface area contributed by atoms with E-state index >= 15 is 0 Å². The lowest BCUT2D eigenvalue weighted by atomic mass is 9.87. The summed E-state index contributed by atoms with van der Waals surface area (Å²) in [5, 5.41) is 0. The molecule has 5 heteroatoms. The highest BCUT2D eigenvalue weighted by atomic mass is 19.4. The van der Waals surface area contributed by atoms with Gasteiger partial charge >= 0.3 is 6.18 Å². The molecule has 0 spiro atoms. The van der Waals surface area contributed by atoms with Crippen molar-refractivity contribution in [3.8, 4) is 0 Å². The van der Waals surface area contributed by atoms with E-state index in [2.05, 4.69) is 6.07 Å². The van der Waals surface area contributed by atoms with Gasteiger partial charge in [-0.3, -0.25) is 4.79 Å². The van der Waals surface area contributed by atoms with Crippen LogP contribution in [0.2, 0.25) is 0 Å². The van der Waals surface area contributed by atoms with Crippen LogP contribution in [0, 0.1) is 0 Å². The van der Waals surface area contributed by atoms with Gasteiger partial charge < -0.3 is 4.90 Å². The summed E-state index contributed by atoms with van der Waals surface area (Å²) in [5.74, 6) is -0.259. The van der Waals surface area contributed by atoms with Crippen molar-refractivity contribution in [2.24, 2.45) is 0 Å².